The third kappa shape index (κ3) is 11.1. The molecule has 0 aromatic carbocycles. The molecule has 0 saturated heterocycles. The van der Waals surface area contributed by atoms with Gasteiger partial charge in [-0.2, -0.15) is 0 Å². The Kier molecular flexibility index (Phi) is 32.7. The van der Waals surface area contributed by atoms with Gasteiger partial charge in [0, 0.05) is 0 Å². The quantitative estimate of drug-likeness (QED) is 0.460. The topological polar surface area (TPSA) is 0 Å². The predicted molar refractivity (Wildman–Crippen MR) is 91.3 cm³/mol. The first-order chi connectivity index (χ1) is 8.66. The van der Waals surface area contributed by atoms with E-state index in [2.05, 4.69) is 27.7 Å². The molecule has 0 aromatic rings. The van der Waals surface area contributed by atoms with E-state index < -0.39 is 0 Å². The highest BCUT2D eigenvalue weighted by atomic mass is 14.4. The van der Waals surface area contributed by atoms with Crippen molar-refractivity contribution in [2.75, 3.05) is 0 Å². The average molecular weight is 261 g/mol. The second-order valence-electron chi connectivity index (χ2n) is 4.12. The van der Waals surface area contributed by atoms with Crippen LogP contribution in [0.2, 0.25) is 0 Å². The van der Waals surface area contributed by atoms with Crippen LogP contribution < -0.4 is 0 Å². The molecule has 0 spiro atoms. The van der Waals surface area contributed by atoms with Gasteiger partial charge in [-0.25, -0.2) is 0 Å². The van der Waals surface area contributed by atoms with E-state index in [0.717, 1.165) is 23.7 Å². The first-order valence-electron chi connectivity index (χ1n) is 8.66. The highest BCUT2D eigenvalue weighted by molar-refractivity contribution is 4.83. The summed E-state index contributed by atoms with van der Waals surface area (Å²) in [4.78, 5) is 0. The van der Waals surface area contributed by atoms with Crippen LogP contribution in [-0.4, -0.2) is 0 Å². The third-order valence-electron chi connectivity index (χ3n) is 3.52. The molecule has 0 amide bonds. The Morgan fingerprint density at radius 1 is 0.667 bits per heavy atom. The van der Waals surface area contributed by atoms with E-state index in [1.807, 2.05) is 55.4 Å². The van der Waals surface area contributed by atoms with Gasteiger partial charge in [0.2, 0.25) is 0 Å². The molecule has 18 heavy (non-hydrogen) atoms. The number of rotatable bonds is 1. The molecule has 4 atom stereocenters. The Balaban J connectivity index is -0.000000105. The molecule has 1 aliphatic rings. The van der Waals surface area contributed by atoms with Gasteiger partial charge >= 0.3 is 0 Å². The molecule has 0 aliphatic heterocycles. The summed E-state index contributed by atoms with van der Waals surface area (Å²) in [5.41, 5.74) is 0. The molecule has 0 aromatic heterocycles. The molecule has 0 heterocycles. The van der Waals surface area contributed by atoms with E-state index in [0.29, 0.717) is 0 Å². The molecular weight excluding hydrogens is 216 g/mol. The van der Waals surface area contributed by atoms with Crippen LogP contribution in [0.5, 0.6) is 0 Å². The molecule has 0 N–H and O–H groups in total. The Morgan fingerprint density at radius 2 is 1.00 bits per heavy atom. The van der Waals surface area contributed by atoms with Gasteiger partial charge in [-0.3, -0.25) is 0 Å². The van der Waals surface area contributed by atoms with Gasteiger partial charge < -0.3 is 0 Å². The van der Waals surface area contributed by atoms with Crippen molar-refractivity contribution in [2.45, 2.75) is 95.9 Å². The maximum absolute atomic E-state index is 2.42. The molecule has 0 bridgehead atoms. The van der Waals surface area contributed by atoms with Gasteiger partial charge in [-0.15, -0.1) is 0 Å². The fourth-order valence-corrected chi connectivity index (χ4v) is 2.69. The van der Waals surface area contributed by atoms with E-state index in [9.17, 15) is 0 Å². The monoisotopic (exact) mass is 260 g/mol. The maximum atomic E-state index is 2.42. The van der Waals surface area contributed by atoms with Gasteiger partial charge in [0.25, 0.3) is 0 Å². The highest BCUT2D eigenvalue weighted by Gasteiger charge is 2.33. The average Bonchev–Trinajstić information content (AvgIpc) is 2.72. The van der Waals surface area contributed by atoms with Crippen LogP contribution in [0.4, 0.5) is 0 Å². The van der Waals surface area contributed by atoms with Crippen molar-refractivity contribution in [3.63, 3.8) is 0 Å². The van der Waals surface area contributed by atoms with Crippen LogP contribution in [0.1, 0.15) is 95.9 Å². The van der Waals surface area contributed by atoms with E-state index in [4.69, 9.17) is 0 Å². The van der Waals surface area contributed by atoms with Crippen LogP contribution in [0.15, 0.2) is 0 Å². The second kappa shape index (κ2) is 22.2. The number of hydrogen-bond acceptors (Lipinski definition) is 0. The Hall–Kier alpha value is 0. The zero-order chi connectivity index (χ0) is 15.7. The summed E-state index contributed by atoms with van der Waals surface area (Å²) in [6.45, 7) is 25.6. The fourth-order valence-electron chi connectivity index (χ4n) is 2.69. The Bertz CT molecular complexity index is 107. The molecule has 0 radical (unpaired) electrons. The van der Waals surface area contributed by atoms with Gasteiger partial charge in [-0.1, -0.05) is 89.5 Å². The first kappa shape index (κ1) is 26.5. The maximum Gasteiger partial charge on any atom is -0.0363 e. The van der Waals surface area contributed by atoms with Crippen LogP contribution in [-0.2, 0) is 0 Å². The van der Waals surface area contributed by atoms with Crippen molar-refractivity contribution in [1.82, 2.24) is 0 Å². The molecule has 4 unspecified atom stereocenters. The summed E-state index contributed by atoms with van der Waals surface area (Å²) < 4.78 is 0. The fraction of sp³-hybridized carbons (Fsp3) is 1.00. The van der Waals surface area contributed by atoms with Gasteiger partial charge in [0.1, 0.15) is 0 Å². The highest BCUT2D eigenvalue weighted by Crippen LogP contribution is 2.42. The summed E-state index contributed by atoms with van der Waals surface area (Å²) in [5, 5.41) is 0. The Morgan fingerprint density at radius 3 is 1.11 bits per heavy atom. The Labute approximate surface area is 120 Å². The van der Waals surface area contributed by atoms with Gasteiger partial charge in [0.15, 0.2) is 0 Å². The van der Waals surface area contributed by atoms with Crippen molar-refractivity contribution in [1.29, 1.82) is 0 Å². The van der Waals surface area contributed by atoms with Crippen molar-refractivity contribution < 1.29 is 0 Å². The zero-order valence-electron chi connectivity index (χ0n) is 15.7. The summed E-state index contributed by atoms with van der Waals surface area (Å²) in [7, 11) is 0. The molecular formula is C18H44. The van der Waals surface area contributed by atoms with Crippen molar-refractivity contribution in [3.05, 3.63) is 0 Å². The van der Waals surface area contributed by atoms with E-state index in [1.165, 1.54) is 12.8 Å². The second-order valence-corrected chi connectivity index (χ2v) is 4.12. The van der Waals surface area contributed by atoms with Crippen LogP contribution >= 0.6 is 0 Å². The standard InChI is InChI=1S/C10H20.4C2H6/c1-5-10-8(3)6-7(2)9(10)4;4*1-2/h7-10H,5-6H2,1-4H3;4*1-2H3. The van der Waals surface area contributed by atoms with Crippen LogP contribution in [0, 0.1) is 23.7 Å². The lowest BCUT2D eigenvalue weighted by Gasteiger charge is -2.18. The van der Waals surface area contributed by atoms with Crippen molar-refractivity contribution >= 4 is 0 Å². The smallest absolute Gasteiger partial charge is 0.0363 e. The van der Waals surface area contributed by atoms with Crippen molar-refractivity contribution in [2.24, 2.45) is 23.7 Å². The lowest BCUT2D eigenvalue weighted by Crippen LogP contribution is -2.10. The molecule has 1 fully saturated rings. The molecule has 1 rings (SSSR count). The van der Waals surface area contributed by atoms with Crippen molar-refractivity contribution in [3.8, 4) is 0 Å². The largest absolute Gasteiger partial charge is 0.0683 e. The van der Waals surface area contributed by atoms with E-state index in [-0.39, 0.29) is 0 Å². The third-order valence-corrected chi connectivity index (χ3v) is 3.52. The lowest BCUT2D eigenvalue weighted by atomic mass is 9.88. The van der Waals surface area contributed by atoms with Crippen LogP contribution in [0.25, 0.3) is 0 Å². The summed E-state index contributed by atoms with van der Waals surface area (Å²) in [5.74, 6) is 3.94. The molecule has 1 saturated carbocycles. The molecule has 116 valence electrons. The molecule has 1 aliphatic carbocycles. The van der Waals surface area contributed by atoms with E-state index in [1.54, 1.807) is 0 Å². The summed E-state index contributed by atoms with van der Waals surface area (Å²) >= 11 is 0. The summed E-state index contributed by atoms with van der Waals surface area (Å²) in [6, 6.07) is 0. The summed E-state index contributed by atoms with van der Waals surface area (Å²) in [6.07, 6.45) is 2.84. The predicted octanol–water partition coefficient (Wildman–Crippen LogP) is 7.43. The zero-order valence-corrected chi connectivity index (χ0v) is 15.7. The minimum atomic E-state index is 0.972. The van der Waals surface area contributed by atoms with Gasteiger partial charge in [-0.05, 0) is 30.1 Å². The first-order valence-corrected chi connectivity index (χ1v) is 8.66. The van der Waals surface area contributed by atoms with E-state index >= 15 is 0 Å². The lowest BCUT2D eigenvalue weighted by molar-refractivity contribution is 0.314. The van der Waals surface area contributed by atoms with Crippen LogP contribution in [0.3, 0.4) is 0 Å². The van der Waals surface area contributed by atoms with Gasteiger partial charge in [0.05, 0.1) is 0 Å². The molecule has 0 heteroatoms. The molecule has 0 nitrogen and oxygen atoms in total. The minimum Gasteiger partial charge on any atom is -0.0683 e. The normalized spacial score (nSPS) is 28.0. The SMILES string of the molecule is CC.CC.CC.CC.CCC1C(C)CC(C)C1C. The minimum absolute atomic E-state index is 0.972. The number of hydrogen-bond donors (Lipinski definition) is 0.